The molecule has 1 aliphatic heterocycles. The van der Waals surface area contributed by atoms with Crippen LogP contribution in [0.2, 0.25) is 0 Å². The summed E-state index contributed by atoms with van der Waals surface area (Å²) in [5.74, 6) is 1.01. The van der Waals surface area contributed by atoms with Crippen molar-refractivity contribution in [2.45, 2.75) is 0 Å². The van der Waals surface area contributed by atoms with Gasteiger partial charge in [-0.15, -0.1) is 0 Å². The average molecular weight is 356 g/mol. The molecule has 0 unspecified atom stereocenters. The number of nitrogens with zero attached hydrogens (tertiary/aromatic N) is 1. The molecule has 0 radical (unpaired) electrons. The lowest BCUT2D eigenvalue weighted by Gasteiger charge is -2.17. The summed E-state index contributed by atoms with van der Waals surface area (Å²) in [6.45, 7) is 0.646. The first-order valence-electron chi connectivity index (χ1n) is 8.09. The van der Waals surface area contributed by atoms with Gasteiger partial charge >= 0.3 is 0 Å². The van der Waals surface area contributed by atoms with Gasteiger partial charge in [0.05, 0.1) is 32.5 Å². The van der Waals surface area contributed by atoms with Gasteiger partial charge in [0.1, 0.15) is 0 Å². The maximum atomic E-state index is 12.4. The van der Waals surface area contributed by atoms with Crippen molar-refractivity contribution in [2.75, 3.05) is 39.7 Å². The molecule has 7 nitrogen and oxygen atoms in total. The van der Waals surface area contributed by atoms with Crippen LogP contribution in [-0.2, 0) is 0 Å². The smallest absolute Gasteiger partial charge is 0.261 e. The Morgan fingerprint density at radius 3 is 1.88 bits per heavy atom. The third-order valence-electron chi connectivity index (χ3n) is 4.21. The normalized spacial score (nSPS) is 12.8. The van der Waals surface area contributed by atoms with E-state index in [1.807, 2.05) is 0 Å². The molecule has 0 aromatic heterocycles. The molecule has 0 atom stereocenters. The summed E-state index contributed by atoms with van der Waals surface area (Å²) in [6, 6.07) is 10.4. The number of imide groups is 1. The van der Waals surface area contributed by atoms with E-state index in [4.69, 9.17) is 14.2 Å². The minimum Gasteiger partial charge on any atom is -0.493 e. The molecule has 26 heavy (non-hydrogen) atoms. The number of fused-ring (bicyclic) bond motifs is 1. The number of carbonyl (C=O) groups excluding carboxylic acids is 2. The van der Waals surface area contributed by atoms with Gasteiger partial charge in [0.25, 0.3) is 11.8 Å². The lowest BCUT2D eigenvalue weighted by molar-refractivity contribution is 0.0660. The van der Waals surface area contributed by atoms with E-state index in [9.17, 15) is 9.59 Å². The lowest BCUT2D eigenvalue weighted by Crippen LogP contribution is -2.34. The summed E-state index contributed by atoms with van der Waals surface area (Å²) in [6.07, 6.45) is 0. The summed E-state index contributed by atoms with van der Waals surface area (Å²) >= 11 is 0. The first-order valence-corrected chi connectivity index (χ1v) is 8.09. The number of hydrogen-bond donors (Lipinski definition) is 1. The molecule has 2 aromatic carbocycles. The van der Waals surface area contributed by atoms with Gasteiger partial charge in [-0.05, 0) is 12.1 Å². The Kier molecular flexibility index (Phi) is 4.97. The Morgan fingerprint density at radius 2 is 1.42 bits per heavy atom. The number of ether oxygens (including phenoxy) is 3. The third kappa shape index (κ3) is 3.03. The highest BCUT2D eigenvalue weighted by Gasteiger charge is 2.34. The molecule has 136 valence electrons. The van der Waals surface area contributed by atoms with Crippen molar-refractivity contribution in [1.29, 1.82) is 0 Å². The summed E-state index contributed by atoms with van der Waals surface area (Å²) in [5.41, 5.74) is 1.63. The van der Waals surface area contributed by atoms with Crippen LogP contribution in [-0.4, -0.2) is 51.1 Å². The average Bonchev–Trinajstić information content (AvgIpc) is 2.92. The maximum absolute atomic E-state index is 12.4. The van der Waals surface area contributed by atoms with Crippen molar-refractivity contribution >= 4 is 17.5 Å². The second-order valence-electron chi connectivity index (χ2n) is 5.65. The minimum absolute atomic E-state index is 0.253. The topological polar surface area (TPSA) is 77.1 Å². The molecule has 1 heterocycles. The van der Waals surface area contributed by atoms with E-state index >= 15 is 0 Å². The minimum atomic E-state index is -0.266. The zero-order chi connectivity index (χ0) is 18.7. The van der Waals surface area contributed by atoms with Crippen LogP contribution in [0.15, 0.2) is 36.4 Å². The van der Waals surface area contributed by atoms with Crippen LogP contribution in [0.3, 0.4) is 0 Å². The zero-order valence-electron chi connectivity index (χ0n) is 14.9. The fraction of sp³-hybridized carbons (Fsp3) is 0.263. The molecule has 0 fully saturated rings. The number of hydrogen-bond acceptors (Lipinski definition) is 6. The van der Waals surface area contributed by atoms with Crippen LogP contribution >= 0.6 is 0 Å². The standard InChI is InChI=1S/C19H20N2O5/c1-24-15-10-12(11-16(25-2)17(15)26-3)20-8-9-21-18(22)13-6-4-5-7-14(13)19(21)23/h4-7,10-11,20H,8-9H2,1-3H3. The molecule has 7 heteroatoms. The highest BCUT2D eigenvalue weighted by atomic mass is 16.5. The molecular formula is C19H20N2O5. The monoisotopic (exact) mass is 356 g/mol. The highest BCUT2D eigenvalue weighted by Crippen LogP contribution is 2.39. The Bertz CT molecular complexity index is 790. The number of rotatable bonds is 7. The van der Waals surface area contributed by atoms with Crippen LogP contribution in [0.4, 0.5) is 5.69 Å². The molecule has 3 rings (SSSR count). The molecule has 1 aliphatic rings. The number of nitrogens with one attached hydrogen (secondary N) is 1. The second kappa shape index (κ2) is 7.35. The predicted octanol–water partition coefficient (Wildman–Crippen LogP) is 2.42. The van der Waals surface area contributed by atoms with Crippen molar-refractivity contribution in [3.05, 3.63) is 47.5 Å². The van der Waals surface area contributed by atoms with Gasteiger partial charge in [-0.2, -0.15) is 0 Å². The van der Waals surface area contributed by atoms with Gasteiger partial charge in [0.2, 0.25) is 5.75 Å². The van der Waals surface area contributed by atoms with Gasteiger partial charge in [-0.25, -0.2) is 0 Å². The van der Waals surface area contributed by atoms with E-state index in [1.165, 1.54) is 12.0 Å². The molecule has 2 amide bonds. The Morgan fingerprint density at radius 1 is 0.885 bits per heavy atom. The molecular weight excluding hydrogens is 336 g/mol. The SMILES string of the molecule is COc1cc(NCCN2C(=O)c3ccccc3C2=O)cc(OC)c1OC. The van der Waals surface area contributed by atoms with E-state index in [0.717, 1.165) is 5.69 Å². The third-order valence-corrected chi connectivity index (χ3v) is 4.21. The summed E-state index contributed by atoms with van der Waals surface area (Å²) < 4.78 is 15.9. The van der Waals surface area contributed by atoms with Crippen molar-refractivity contribution in [1.82, 2.24) is 4.90 Å². The quantitative estimate of drug-likeness (QED) is 0.768. The molecule has 0 aliphatic carbocycles. The molecule has 1 N–H and O–H groups in total. The maximum Gasteiger partial charge on any atom is 0.261 e. The Labute approximate surface area is 151 Å². The number of anilines is 1. The predicted molar refractivity (Wildman–Crippen MR) is 96.4 cm³/mol. The summed E-state index contributed by atoms with van der Waals surface area (Å²) in [4.78, 5) is 26.0. The zero-order valence-corrected chi connectivity index (χ0v) is 14.9. The van der Waals surface area contributed by atoms with Crippen LogP contribution in [0.5, 0.6) is 17.2 Å². The number of carbonyl (C=O) groups is 2. The Balaban J connectivity index is 1.69. The van der Waals surface area contributed by atoms with Gasteiger partial charge in [-0.3, -0.25) is 14.5 Å². The number of amides is 2. The van der Waals surface area contributed by atoms with Crippen LogP contribution in [0.25, 0.3) is 0 Å². The second-order valence-corrected chi connectivity index (χ2v) is 5.65. The summed E-state index contributed by atoms with van der Waals surface area (Å²) in [5, 5.41) is 3.18. The number of methoxy groups -OCH3 is 3. The van der Waals surface area contributed by atoms with Crippen LogP contribution < -0.4 is 19.5 Å². The molecule has 0 spiro atoms. The van der Waals surface area contributed by atoms with Gasteiger partial charge in [0.15, 0.2) is 11.5 Å². The van der Waals surface area contributed by atoms with Crippen molar-refractivity contribution in [3.63, 3.8) is 0 Å². The van der Waals surface area contributed by atoms with Crippen molar-refractivity contribution in [3.8, 4) is 17.2 Å². The molecule has 2 aromatic rings. The van der Waals surface area contributed by atoms with E-state index < -0.39 is 0 Å². The fourth-order valence-corrected chi connectivity index (χ4v) is 2.94. The van der Waals surface area contributed by atoms with Crippen LogP contribution in [0.1, 0.15) is 20.7 Å². The van der Waals surface area contributed by atoms with Gasteiger partial charge in [0, 0.05) is 30.9 Å². The van der Waals surface area contributed by atoms with E-state index in [1.54, 1.807) is 50.6 Å². The van der Waals surface area contributed by atoms with Gasteiger partial charge in [-0.1, -0.05) is 12.1 Å². The summed E-state index contributed by atoms with van der Waals surface area (Å²) in [7, 11) is 4.62. The van der Waals surface area contributed by atoms with E-state index in [-0.39, 0.29) is 18.4 Å². The first-order chi connectivity index (χ1) is 12.6. The van der Waals surface area contributed by atoms with Crippen LogP contribution in [0, 0.1) is 0 Å². The molecule has 0 bridgehead atoms. The van der Waals surface area contributed by atoms with E-state index in [2.05, 4.69) is 5.32 Å². The first kappa shape index (κ1) is 17.6. The fourth-order valence-electron chi connectivity index (χ4n) is 2.94. The van der Waals surface area contributed by atoms with Crippen molar-refractivity contribution in [2.24, 2.45) is 0 Å². The van der Waals surface area contributed by atoms with Gasteiger partial charge < -0.3 is 19.5 Å². The molecule has 0 saturated heterocycles. The lowest BCUT2D eigenvalue weighted by atomic mass is 10.1. The molecule has 0 saturated carbocycles. The largest absolute Gasteiger partial charge is 0.493 e. The highest BCUT2D eigenvalue weighted by molar-refractivity contribution is 6.21. The number of benzene rings is 2. The van der Waals surface area contributed by atoms with E-state index in [0.29, 0.717) is 34.9 Å². The van der Waals surface area contributed by atoms with Crippen molar-refractivity contribution < 1.29 is 23.8 Å². The Hall–Kier alpha value is -3.22.